The largest absolute Gasteiger partial charge is 0.481 e. The van der Waals surface area contributed by atoms with Gasteiger partial charge in [-0.15, -0.1) is 0 Å². The summed E-state index contributed by atoms with van der Waals surface area (Å²) in [7, 11) is 0. The van der Waals surface area contributed by atoms with Gasteiger partial charge in [-0.25, -0.2) is 11.1 Å². The SMILES string of the molecule is CC1(C)C(=O)N(CCC(=O)O)c2cc3c4c([nH]c3cc21)C(=O)CCCC4.Cc1[nH]nc2c1CCCc1c-2[nH]c2cc3c(cc12)N(CCC(=O)O)C(=O)C3(C)C.N=N.[HH]. The Morgan fingerprint density at radius 1 is 0.719 bits per heavy atom. The minimum absolute atomic E-state index is 0. The van der Waals surface area contributed by atoms with E-state index in [0.29, 0.717) is 12.1 Å². The number of hydrogen-bond acceptors (Lipinski definition) is 8. The first-order valence-electron chi connectivity index (χ1n) is 19.4. The lowest BCUT2D eigenvalue weighted by Crippen LogP contribution is -2.37. The highest BCUT2D eigenvalue weighted by Crippen LogP contribution is 2.47. The number of Topliss-reactive ketones (excluding diaryl/α,β-unsaturated/α-hetero) is 1. The van der Waals surface area contributed by atoms with Gasteiger partial charge in [-0.05, 0) is 120 Å². The molecule has 0 spiro atoms. The van der Waals surface area contributed by atoms with Gasteiger partial charge in [-0.1, -0.05) is 0 Å². The Balaban J connectivity index is 0.000000186. The molecule has 15 nitrogen and oxygen atoms in total. The van der Waals surface area contributed by atoms with E-state index in [1.54, 1.807) is 9.80 Å². The summed E-state index contributed by atoms with van der Waals surface area (Å²) >= 11 is 0. The third kappa shape index (κ3) is 6.38. The monoisotopic (exact) mass is 778 g/mol. The molecule has 300 valence electrons. The van der Waals surface area contributed by atoms with Crippen LogP contribution in [0.15, 0.2) is 24.3 Å². The van der Waals surface area contributed by atoms with Crippen molar-refractivity contribution >= 4 is 62.7 Å². The lowest BCUT2D eigenvalue weighted by atomic mass is 9.85. The number of H-pyrrole nitrogens is 3. The van der Waals surface area contributed by atoms with Crippen LogP contribution in [0.1, 0.15) is 112 Å². The number of ketones is 1. The number of aliphatic carboxylic acids is 2. The Morgan fingerprint density at radius 2 is 1.18 bits per heavy atom. The zero-order valence-corrected chi connectivity index (χ0v) is 32.9. The van der Waals surface area contributed by atoms with E-state index < -0.39 is 22.8 Å². The molecule has 4 aliphatic rings. The number of fused-ring (bicyclic) bond motifs is 10. The number of carbonyl (C=O) groups is 5. The summed E-state index contributed by atoms with van der Waals surface area (Å²) in [5, 5.41) is 27.9. The van der Waals surface area contributed by atoms with Crippen molar-refractivity contribution in [1.29, 1.82) is 11.1 Å². The number of nitrogens with one attached hydrogen (secondary N) is 5. The minimum atomic E-state index is -0.925. The Bertz CT molecular complexity index is 2510. The van der Waals surface area contributed by atoms with Crippen molar-refractivity contribution in [1.82, 2.24) is 20.2 Å². The van der Waals surface area contributed by atoms with E-state index in [2.05, 4.69) is 39.2 Å². The Morgan fingerprint density at radius 3 is 1.70 bits per heavy atom. The van der Waals surface area contributed by atoms with E-state index in [0.717, 1.165) is 105 Å². The summed E-state index contributed by atoms with van der Waals surface area (Å²) in [5.41, 5.74) is 21.3. The fraction of sp³-hybridized carbons (Fsp3) is 0.429. The predicted molar refractivity (Wildman–Crippen MR) is 216 cm³/mol. The maximum atomic E-state index is 13.0. The fourth-order valence-corrected chi connectivity index (χ4v) is 9.08. The van der Waals surface area contributed by atoms with Crippen molar-refractivity contribution in [3.8, 4) is 11.4 Å². The molecule has 0 fully saturated rings. The molecule has 15 heteroatoms. The standard InChI is InChI=1S/C22H24N4O3.C20H22N2O4.H2N2.H2/c1-11-12-5-4-6-13-14-9-17-15(10-16(14)23-19(13)20(12)25-24-11)22(2,3)21(29)26(17)8-7-18(27)28;1-20(2)13-10-14-12(11-5-3-4-6-16(23)18(11)21-14)9-15(13)22(19(20)26)8-7-17(24)25;1-2;/h9-10,23H,4-8H2,1-3H3,(H,24,25)(H,27,28);9-10,21H,3-8H2,1-2H3,(H,24,25);1-2H;1H. The molecular weight excluding hydrogens is 729 g/mol. The maximum absolute atomic E-state index is 13.0. The van der Waals surface area contributed by atoms with Crippen LogP contribution in [-0.2, 0) is 49.3 Å². The number of nitrogens with zero attached hydrogens (tertiary/aromatic N) is 3. The summed E-state index contributed by atoms with van der Waals surface area (Å²) in [6.45, 7) is 9.93. The number of amides is 2. The molecule has 2 aliphatic carbocycles. The summed E-state index contributed by atoms with van der Waals surface area (Å²) in [6, 6.07) is 8.06. The normalized spacial score (nSPS) is 17.4. The van der Waals surface area contributed by atoms with Crippen LogP contribution < -0.4 is 9.80 Å². The number of benzene rings is 2. The van der Waals surface area contributed by atoms with Gasteiger partial charge in [0.05, 0.1) is 35.1 Å². The smallest absolute Gasteiger partial charge is 0.305 e. The van der Waals surface area contributed by atoms with Crippen molar-refractivity contribution in [2.24, 2.45) is 0 Å². The van der Waals surface area contributed by atoms with E-state index in [-0.39, 0.29) is 45.0 Å². The van der Waals surface area contributed by atoms with Crippen LogP contribution in [0.3, 0.4) is 0 Å². The summed E-state index contributed by atoms with van der Waals surface area (Å²) in [6.07, 6.45) is 6.07. The van der Waals surface area contributed by atoms with Gasteiger partial charge in [-0.3, -0.25) is 29.1 Å². The number of rotatable bonds is 6. The molecule has 2 amide bonds. The number of aryl methyl sites for hydroxylation is 3. The Labute approximate surface area is 330 Å². The summed E-state index contributed by atoms with van der Waals surface area (Å²) in [5.74, 6) is -1.80. The second kappa shape index (κ2) is 14.4. The van der Waals surface area contributed by atoms with Gasteiger partial charge in [0.25, 0.3) is 0 Å². The molecule has 0 bridgehead atoms. The average molecular weight is 779 g/mol. The molecule has 0 saturated heterocycles. The van der Waals surface area contributed by atoms with Gasteiger partial charge in [0.2, 0.25) is 11.8 Å². The van der Waals surface area contributed by atoms with Gasteiger partial charge >= 0.3 is 11.9 Å². The quantitative estimate of drug-likeness (QED) is 0.0672. The first-order chi connectivity index (χ1) is 27.1. The molecule has 2 aromatic carbocycles. The van der Waals surface area contributed by atoms with Gasteiger partial charge in [0.15, 0.2) is 5.78 Å². The Hall–Kier alpha value is -6.12. The number of anilines is 2. The van der Waals surface area contributed by atoms with Crippen molar-refractivity contribution < 1.29 is 35.6 Å². The topological polar surface area (TPSA) is 240 Å². The van der Waals surface area contributed by atoms with Crippen molar-refractivity contribution in [2.75, 3.05) is 22.9 Å². The predicted octanol–water partition coefficient (Wildman–Crippen LogP) is 7.47. The van der Waals surface area contributed by atoms with Crippen LogP contribution >= 0.6 is 0 Å². The second-order valence-corrected chi connectivity index (χ2v) is 16.4. The Kier molecular flexibility index (Phi) is 9.91. The molecule has 0 atom stereocenters. The molecule has 7 N–H and O–H groups in total. The minimum Gasteiger partial charge on any atom is -0.481 e. The summed E-state index contributed by atoms with van der Waals surface area (Å²) in [4.78, 5) is 70.4. The summed E-state index contributed by atoms with van der Waals surface area (Å²) < 4.78 is 0. The van der Waals surface area contributed by atoms with E-state index in [4.69, 9.17) is 21.3 Å². The number of carbonyl (C=O) groups excluding carboxylic acids is 3. The van der Waals surface area contributed by atoms with Gasteiger partial charge in [-0.2, -0.15) is 5.10 Å². The lowest BCUT2D eigenvalue weighted by Gasteiger charge is -2.19. The number of aromatic nitrogens is 4. The lowest BCUT2D eigenvalue weighted by molar-refractivity contribution is -0.138. The molecular formula is C42H50N8O7. The van der Waals surface area contributed by atoms with Crippen LogP contribution in [0.25, 0.3) is 33.2 Å². The third-order valence-corrected chi connectivity index (χ3v) is 12.2. The fourth-order valence-electron chi connectivity index (χ4n) is 9.08. The van der Waals surface area contributed by atoms with Gasteiger partial charge in [0, 0.05) is 65.4 Å². The van der Waals surface area contributed by atoms with E-state index in [9.17, 15) is 24.0 Å². The van der Waals surface area contributed by atoms with E-state index >= 15 is 0 Å². The number of carboxylic acids is 2. The van der Waals surface area contributed by atoms with Crippen molar-refractivity contribution in [2.45, 2.75) is 103 Å². The molecule has 57 heavy (non-hydrogen) atoms. The van der Waals surface area contributed by atoms with Crippen LogP contribution in [0.5, 0.6) is 0 Å². The molecule has 5 heterocycles. The van der Waals surface area contributed by atoms with E-state index in [1.807, 2.05) is 39.8 Å². The third-order valence-electron chi connectivity index (χ3n) is 12.2. The van der Waals surface area contributed by atoms with Gasteiger partial charge in [0.1, 0.15) is 5.69 Å². The van der Waals surface area contributed by atoms with Crippen molar-refractivity contribution in [3.05, 3.63) is 63.5 Å². The first-order valence-corrected chi connectivity index (χ1v) is 19.4. The van der Waals surface area contributed by atoms with Crippen LogP contribution in [0, 0.1) is 18.0 Å². The molecule has 0 unspecified atom stereocenters. The highest BCUT2D eigenvalue weighted by molar-refractivity contribution is 6.12. The highest BCUT2D eigenvalue weighted by atomic mass is 16.4. The number of carboxylic acid groups (broad SMARTS) is 2. The molecule has 3 aromatic heterocycles. The number of hydrogen-bond donors (Lipinski definition) is 7. The van der Waals surface area contributed by atoms with E-state index in [1.165, 1.54) is 11.1 Å². The highest BCUT2D eigenvalue weighted by Gasteiger charge is 2.46. The van der Waals surface area contributed by atoms with Gasteiger partial charge < -0.3 is 30.0 Å². The van der Waals surface area contributed by atoms with Crippen molar-refractivity contribution in [3.63, 3.8) is 0 Å². The zero-order chi connectivity index (χ0) is 41.1. The zero-order valence-electron chi connectivity index (χ0n) is 32.9. The maximum Gasteiger partial charge on any atom is 0.305 e. The molecule has 2 aliphatic heterocycles. The van der Waals surface area contributed by atoms with Crippen LogP contribution in [0.2, 0.25) is 0 Å². The molecule has 0 saturated carbocycles. The van der Waals surface area contributed by atoms with Crippen LogP contribution in [0.4, 0.5) is 11.4 Å². The average Bonchev–Trinajstić information content (AvgIpc) is 3.85. The first kappa shape index (κ1) is 39.1. The number of aromatic amines is 3. The molecule has 9 rings (SSSR count). The molecule has 0 radical (unpaired) electrons. The second-order valence-electron chi connectivity index (χ2n) is 16.4. The van der Waals surface area contributed by atoms with Crippen LogP contribution in [-0.4, -0.2) is 73.0 Å². The molecule has 5 aromatic rings.